The van der Waals surface area contributed by atoms with Crippen LogP contribution in [0.25, 0.3) is 0 Å². The zero-order valence-electron chi connectivity index (χ0n) is 10.7. The van der Waals surface area contributed by atoms with Gasteiger partial charge in [-0.3, -0.25) is 9.36 Å². The van der Waals surface area contributed by atoms with Crippen LogP contribution < -0.4 is 10.0 Å². The predicted octanol–water partition coefficient (Wildman–Crippen LogP) is 2.40. The van der Waals surface area contributed by atoms with Crippen LogP contribution >= 0.6 is 7.60 Å². The van der Waals surface area contributed by atoms with Crippen molar-refractivity contribution < 1.29 is 23.1 Å². The highest BCUT2D eigenvalue weighted by atomic mass is 31.2. The van der Waals surface area contributed by atoms with Gasteiger partial charge in [-0.1, -0.05) is 6.07 Å². The van der Waals surface area contributed by atoms with Gasteiger partial charge in [0.25, 0.3) is 0 Å². The minimum atomic E-state index is -3.40. The van der Waals surface area contributed by atoms with Crippen molar-refractivity contribution in [3.8, 4) is 5.75 Å². The Balaban J connectivity index is 3.27. The van der Waals surface area contributed by atoms with E-state index in [-0.39, 0.29) is 13.2 Å². The van der Waals surface area contributed by atoms with Crippen LogP contribution in [0.1, 0.15) is 24.2 Å². The summed E-state index contributed by atoms with van der Waals surface area (Å²) in [7, 11) is -1.96. The van der Waals surface area contributed by atoms with E-state index in [2.05, 4.69) is 0 Å². The normalized spacial score (nSPS) is 11.3. The SMILES string of the molecule is CCOP(=O)(OCC)c1ccc(C=O)cc1OC. The second-order valence-corrected chi connectivity index (χ2v) is 5.38. The molecular formula is C12H17O5P. The van der Waals surface area contributed by atoms with E-state index in [0.717, 1.165) is 0 Å². The molecule has 0 saturated heterocycles. The average Bonchev–Trinajstić information content (AvgIpc) is 2.38. The summed E-state index contributed by atoms with van der Waals surface area (Å²) in [6, 6.07) is 4.59. The first-order valence-electron chi connectivity index (χ1n) is 5.64. The maximum Gasteiger partial charge on any atom is 0.365 e. The average molecular weight is 272 g/mol. The topological polar surface area (TPSA) is 61.8 Å². The summed E-state index contributed by atoms with van der Waals surface area (Å²) < 4.78 is 28.2. The third-order valence-electron chi connectivity index (χ3n) is 2.23. The molecule has 5 nitrogen and oxygen atoms in total. The third kappa shape index (κ3) is 3.19. The molecule has 0 radical (unpaired) electrons. The maximum atomic E-state index is 12.6. The second kappa shape index (κ2) is 6.69. The standard InChI is InChI=1S/C12H17O5P/c1-4-16-18(14,17-5-2)12-7-6-10(9-13)8-11(12)15-3/h6-9H,4-5H2,1-3H3. The van der Waals surface area contributed by atoms with Gasteiger partial charge in [-0.15, -0.1) is 0 Å². The summed E-state index contributed by atoms with van der Waals surface area (Å²) in [5, 5.41) is 0.333. The molecule has 0 unspecified atom stereocenters. The monoisotopic (exact) mass is 272 g/mol. The van der Waals surface area contributed by atoms with Gasteiger partial charge in [0.2, 0.25) is 0 Å². The van der Waals surface area contributed by atoms with Gasteiger partial charge in [0.05, 0.1) is 20.3 Å². The number of methoxy groups -OCH3 is 1. The molecular weight excluding hydrogens is 255 g/mol. The van der Waals surface area contributed by atoms with E-state index in [4.69, 9.17) is 13.8 Å². The lowest BCUT2D eigenvalue weighted by molar-refractivity contribution is 0.112. The van der Waals surface area contributed by atoms with Crippen LogP contribution in [0, 0.1) is 0 Å². The molecule has 6 heteroatoms. The van der Waals surface area contributed by atoms with Crippen LogP contribution in [-0.4, -0.2) is 26.6 Å². The number of hydrogen-bond acceptors (Lipinski definition) is 5. The molecule has 0 atom stereocenters. The van der Waals surface area contributed by atoms with Gasteiger partial charge in [0.15, 0.2) is 0 Å². The van der Waals surface area contributed by atoms with Gasteiger partial charge in [-0.2, -0.15) is 0 Å². The quantitative estimate of drug-likeness (QED) is 0.563. The Bertz CT molecular complexity index is 448. The minimum absolute atomic E-state index is 0.260. The van der Waals surface area contributed by atoms with E-state index >= 15 is 0 Å². The Morgan fingerprint density at radius 2 is 1.83 bits per heavy atom. The second-order valence-electron chi connectivity index (χ2n) is 3.38. The lowest BCUT2D eigenvalue weighted by Gasteiger charge is -2.19. The number of aldehydes is 1. The number of hydrogen-bond donors (Lipinski definition) is 0. The van der Waals surface area contributed by atoms with Crippen molar-refractivity contribution in [2.45, 2.75) is 13.8 Å². The third-order valence-corrected chi connectivity index (χ3v) is 4.39. The van der Waals surface area contributed by atoms with Crippen molar-refractivity contribution in [3.05, 3.63) is 23.8 Å². The van der Waals surface area contributed by atoms with Gasteiger partial charge in [0, 0.05) is 5.56 Å². The Morgan fingerprint density at radius 1 is 1.22 bits per heavy atom. The summed E-state index contributed by atoms with van der Waals surface area (Å²) in [5.74, 6) is 0.324. The lowest BCUT2D eigenvalue weighted by Crippen LogP contribution is -2.14. The molecule has 0 saturated carbocycles. The molecule has 0 aliphatic rings. The number of benzene rings is 1. The molecule has 18 heavy (non-hydrogen) atoms. The van der Waals surface area contributed by atoms with Gasteiger partial charge in [-0.25, -0.2) is 0 Å². The van der Waals surface area contributed by atoms with Crippen molar-refractivity contribution >= 4 is 19.2 Å². The fourth-order valence-corrected chi connectivity index (χ4v) is 3.23. The fourth-order valence-electron chi connectivity index (χ4n) is 1.51. The molecule has 0 heterocycles. The Labute approximate surface area is 107 Å². The van der Waals surface area contributed by atoms with Crippen molar-refractivity contribution in [2.24, 2.45) is 0 Å². The summed E-state index contributed by atoms with van der Waals surface area (Å²) in [5.41, 5.74) is 0.440. The molecule has 0 amide bonds. The van der Waals surface area contributed by atoms with Crippen LogP contribution in [-0.2, 0) is 13.6 Å². The van der Waals surface area contributed by atoms with Crippen LogP contribution in [0.3, 0.4) is 0 Å². The van der Waals surface area contributed by atoms with E-state index in [0.29, 0.717) is 22.9 Å². The van der Waals surface area contributed by atoms with E-state index in [1.165, 1.54) is 19.2 Å². The van der Waals surface area contributed by atoms with Crippen molar-refractivity contribution in [1.82, 2.24) is 0 Å². The zero-order valence-corrected chi connectivity index (χ0v) is 11.6. The number of rotatable bonds is 7. The molecule has 0 spiro atoms. The van der Waals surface area contributed by atoms with Gasteiger partial charge < -0.3 is 13.8 Å². The van der Waals surface area contributed by atoms with Crippen LogP contribution in [0.4, 0.5) is 0 Å². The van der Waals surface area contributed by atoms with Crippen LogP contribution in [0.5, 0.6) is 5.75 Å². The molecule has 0 aromatic heterocycles. The van der Waals surface area contributed by atoms with Crippen molar-refractivity contribution in [3.63, 3.8) is 0 Å². The Morgan fingerprint density at radius 3 is 2.28 bits per heavy atom. The Hall–Kier alpha value is -1.16. The molecule has 1 aromatic rings. The van der Waals surface area contributed by atoms with E-state index in [9.17, 15) is 9.36 Å². The first kappa shape index (κ1) is 14.9. The Kier molecular flexibility index (Phi) is 5.54. The molecule has 1 rings (SSSR count). The summed E-state index contributed by atoms with van der Waals surface area (Å²) in [4.78, 5) is 10.7. The highest BCUT2D eigenvalue weighted by Crippen LogP contribution is 2.49. The number of ether oxygens (including phenoxy) is 1. The van der Waals surface area contributed by atoms with Crippen molar-refractivity contribution in [1.29, 1.82) is 0 Å². The largest absolute Gasteiger partial charge is 0.496 e. The minimum Gasteiger partial charge on any atom is -0.496 e. The smallest absolute Gasteiger partial charge is 0.365 e. The fraction of sp³-hybridized carbons (Fsp3) is 0.417. The summed E-state index contributed by atoms with van der Waals surface area (Å²) in [6.45, 7) is 3.99. The highest BCUT2D eigenvalue weighted by molar-refractivity contribution is 7.62. The zero-order chi connectivity index (χ0) is 13.6. The maximum absolute atomic E-state index is 12.6. The number of carbonyl (C=O) groups is 1. The van der Waals surface area contributed by atoms with Gasteiger partial charge >= 0.3 is 7.60 Å². The van der Waals surface area contributed by atoms with Gasteiger partial charge in [0.1, 0.15) is 17.3 Å². The molecule has 0 fully saturated rings. The lowest BCUT2D eigenvalue weighted by atomic mass is 10.2. The molecule has 0 bridgehead atoms. The van der Waals surface area contributed by atoms with E-state index in [1.807, 2.05) is 0 Å². The van der Waals surface area contributed by atoms with E-state index in [1.54, 1.807) is 19.9 Å². The van der Waals surface area contributed by atoms with Gasteiger partial charge in [-0.05, 0) is 26.0 Å². The van der Waals surface area contributed by atoms with Crippen molar-refractivity contribution in [2.75, 3.05) is 20.3 Å². The molecule has 1 aromatic carbocycles. The highest BCUT2D eigenvalue weighted by Gasteiger charge is 2.30. The van der Waals surface area contributed by atoms with E-state index < -0.39 is 7.60 Å². The molecule has 0 N–H and O–H groups in total. The molecule has 0 aliphatic carbocycles. The van der Waals surface area contributed by atoms with Crippen LogP contribution in [0.2, 0.25) is 0 Å². The summed E-state index contributed by atoms with van der Waals surface area (Å²) in [6.07, 6.45) is 0.693. The molecule has 100 valence electrons. The first-order valence-corrected chi connectivity index (χ1v) is 7.18. The molecule has 0 aliphatic heterocycles. The van der Waals surface area contributed by atoms with Crippen LogP contribution in [0.15, 0.2) is 18.2 Å². The first-order chi connectivity index (χ1) is 8.61. The predicted molar refractivity (Wildman–Crippen MR) is 68.9 cm³/mol. The summed E-state index contributed by atoms with van der Waals surface area (Å²) >= 11 is 0. The number of carbonyl (C=O) groups excluding carboxylic acids is 1.